The van der Waals surface area contributed by atoms with Crippen LogP contribution in [-0.2, 0) is 15.6 Å². The zero-order valence-electron chi connectivity index (χ0n) is 9.31. The molecule has 0 heterocycles. The SMILES string of the molecule is CC(C)c1ccc(S(=O)C(F)(F)C(=O)O)cc1. The Hall–Kier alpha value is -1.30. The second kappa shape index (κ2) is 4.91. The summed E-state index contributed by atoms with van der Waals surface area (Å²) >= 11 is 0. The largest absolute Gasteiger partial charge is 0.476 e. The summed E-state index contributed by atoms with van der Waals surface area (Å²) in [5.41, 5.74) is 0.907. The van der Waals surface area contributed by atoms with Crippen molar-refractivity contribution in [2.45, 2.75) is 29.9 Å². The summed E-state index contributed by atoms with van der Waals surface area (Å²) in [7, 11) is -2.88. The number of carbonyl (C=O) groups is 1. The highest BCUT2D eigenvalue weighted by Crippen LogP contribution is 2.26. The Morgan fingerprint density at radius 1 is 1.29 bits per heavy atom. The van der Waals surface area contributed by atoms with Crippen LogP contribution in [0.15, 0.2) is 29.2 Å². The third-order valence-corrected chi connectivity index (χ3v) is 3.58. The van der Waals surface area contributed by atoms with E-state index in [2.05, 4.69) is 0 Å². The van der Waals surface area contributed by atoms with E-state index in [0.717, 1.165) is 5.56 Å². The van der Waals surface area contributed by atoms with Gasteiger partial charge in [0.05, 0.1) is 0 Å². The van der Waals surface area contributed by atoms with Crippen LogP contribution in [0.2, 0.25) is 0 Å². The lowest BCUT2D eigenvalue weighted by atomic mass is 10.0. The van der Waals surface area contributed by atoms with Gasteiger partial charge >= 0.3 is 11.2 Å². The van der Waals surface area contributed by atoms with Crippen molar-refractivity contribution in [3.05, 3.63) is 29.8 Å². The van der Waals surface area contributed by atoms with Crippen molar-refractivity contribution in [3.8, 4) is 0 Å². The fourth-order valence-corrected chi connectivity index (χ4v) is 2.04. The van der Waals surface area contributed by atoms with Gasteiger partial charge < -0.3 is 5.11 Å². The van der Waals surface area contributed by atoms with E-state index in [1.165, 1.54) is 12.1 Å². The van der Waals surface area contributed by atoms with Crippen LogP contribution in [0.25, 0.3) is 0 Å². The molecule has 1 N–H and O–H groups in total. The molecule has 17 heavy (non-hydrogen) atoms. The van der Waals surface area contributed by atoms with E-state index in [4.69, 9.17) is 5.11 Å². The van der Waals surface area contributed by atoms with Gasteiger partial charge in [-0.1, -0.05) is 26.0 Å². The highest BCUT2D eigenvalue weighted by Gasteiger charge is 2.46. The maximum atomic E-state index is 13.0. The Morgan fingerprint density at radius 3 is 2.12 bits per heavy atom. The number of hydrogen-bond acceptors (Lipinski definition) is 2. The van der Waals surface area contributed by atoms with Crippen molar-refractivity contribution in [2.75, 3.05) is 0 Å². The molecule has 94 valence electrons. The molecule has 0 saturated carbocycles. The van der Waals surface area contributed by atoms with Crippen molar-refractivity contribution in [3.63, 3.8) is 0 Å². The molecule has 1 unspecified atom stereocenters. The minimum Gasteiger partial charge on any atom is -0.476 e. The van der Waals surface area contributed by atoms with Crippen LogP contribution in [0.4, 0.5) is 8.78 Å². The summed E-state index contributed by atoms with van der Waals surface area (Å²) < 4.78 is 37.3. The van der Waals surface area contributed by atoms with Crippen LogP contribution in [0, 0.1) is 0 Å². The summed E-state index contributed by atoms with van der Waals surface area (Å²) in [6.45, 7) is 3.86. The number of alkyl halides is 2. The molecule has 0 bridgehead atoms. The third kappa shape index (κ3) is 2.88. The number of carboxylic acid groups (broad SMARTS) is 1. The highest BCUT2D eigenvalue weighted by molar-refractivity contribution is 7.87. The lowest BCUT2D eigenvalue weighted by Gasteiger charge is -2.11. The van der Waals surface area contributed by atoms with Gasteiger partial charge in [-0.2, -0.15) is 8.78 Å². The number of benzene rings is 1. The zero-order valence-corrected chi connectivity index (χ0v) is 10.1. The van der Waals surface area contributed by atoms with Gasteiger partial charge in [-0.3, -0.25) is 0 Å². The summed E-state index contributed by atoms with van der Waals surface area (Å²) in [5, 5.41) is 4.01. The summed E-state index contributed by atoms with van der Waals surface area (Å²) in [4.78, 5) is 10.1. The van der Waals surface area contributed by atoms with Gasteiger partial charge in [-0.25, -0.2) is 9.00 Å². The molecule has 0 aromatic heterocycles. The molecular weight excluding hydrogens is 250 g/mol. The van der Waals surface area contributed by atoms with E-state index < -0.39 is 22.0 Å². The van der Waals surface area contributed by atoms with E-state index in [1.54, 1.807) is 12.1 Å². The summed E-state index contributed by atoms with van der Waals surface area (Å²) in [6.07, 6.45) is 0. The average molecular weight is 262 g/mol. The van der Waals surface area contributed by atoms with Crippen molar-refractivity contribution < 1.29 is 22.9 Å². The Bertz CT molecular complexity index is 441. The fourth-order valence-electron chi connectivity index (χ4n) is 1.20. The number of aliphatic carboxylic acids is 1. The van der Waals surface area contributed by atoms with Crippen molar-refractivity contribution in [1.29, 1.82) is 0 Å². The molecule has 0 aliphatic carbocycles. The van der Waals surface area contributed by atoms with Crippen LogP contribution < -0.4 is 0 Å². The second-order valence-corrected chi connectivity index (χ2v) is 5.34. The molecule has 1 rings (SSSR count). The topological polar surface area (TPSA) is 54.4 Å². The van der Waals surface area contributed by atoms with E-state index in [0.29, 0.717) is 0 Å². The molecule has 0 aliphatic rings. The first-order valence-corrected chi connectivity index (χ1v) is 6.05. The maximum Gasteiger partial charge on any atom is 0.419 e. The minimum absolute atomic E-state index is 0.193. The van der Waals surface area contributed by atoms with Gasteiger partial charge in [0.2, 0.25) is 0 Å². The molecule has 6 heteroatoms. The number of halogens is 2. The van der Waals surface area contributed by atoms with Crippen molar-refractivity contribution in [1.82, 2.24) is 0 Å². The van der Waals surface area contributed by atoms with E-state index in [9.17, 15) is 17.8 Å². The standard InChI is InChI=1S/C11H12F2O3S/c1-7(2)8-3-5-9(6-4-8)17(16)11(12,13)10(14)15/h3-7H,1-2H3,(H,14,15). The summed E-state index contributed by atoms with van der Waals surface area (Å²) in [5.74, 6) is -2.17. The number of carboxylic acids is 1. The van der Waals surface area contributed by atoms with Gasteiger partial charge in [0.1, 0.15) is 10.8 Å². The van der Waals surface area contributed by atoms with Crippen LogP contribution >= 0.6 is 0 Å². The first-order valence-electron chi connectivity index (χ1n) is 4.90. The van der Waals surface area contributed by atoms with Crippen LogP contribution in [0.1, 0.15) is 25.3 Å². The monoisotopic (exact) mass is 262 g/mol. The average Bonchev–Trinajstić information content (AvgIpc) is 2.27. The molecule has 0 spiro atoms. The molecule has 0 radical (unpaired) electrons. The third-order valence-electron chi connectivity index (χ3n) is 2.24. The predicted octanol–water partition coefficient (Wildman–Crippen LogP) is 2.60. The minimum atomic E-state index is -4.26. The predicted molar refractivity (Wildman–Crippen MR) is 59.5 cm³/mol. The zero-order chi connectivity index (χ0) is 13.2. The molecule has 0 saturated heterocycles. The van der Waals surface area contributed by atoms with Gasteiger partial charge in [0, 0.05) is 4.90 Å². The Balaban J connectivity index is 3.02. The highest BCUT2D eigenvalue weighted by atomic mass is 32.2. The van der Waals surface area contributed by atoms with Gasteiger partial charge in [-0.15, -0.1) is 0 Å². The number of hydrogen-bond donors (Lipinski definition) is 1. The normalized spacial score (nSPS) is 13.7. The lowest BCUT2D eigenvalue weighted by molar-refractivity contribution is -0.153. The quantitative estimate of drug-likeness (QED) is 0.907. The van der Waals surface area contributed by atoms with Crippen LogP contribution in [0.3, 0.4) is 0 Å². The molecule has 0 amide bonds. The summed E-state index contributed by atoms with van der Waals surface area (Å²) in [6, 6.07) is 5.66. The first kappa shape index (κ1) is 13.8. The molecular formula is C11H12F2O3S. The van der Waals surface area contributed by atoms with Gasteiger partial charge in [0.25, 0.3) is 0 Å². The molecule has 0 aliphatic heterocycles. The van der Waals surface area contributed by atoms with Gasteiger partial charge in [-0.05, 0) is 23.6 Å². The van der Waals surface area contributed by atoms with E-state index in [-0.39, 0.29) is 10.8 Å². The van der Waals surface area contributed by atoms with E-state index in [1.807, 2.05) is 13.8 Å². The Morgan fingerprint density at radius 2 is 1.76 bits per heavy atom. The first-order chi connectivity index (χ1) is 7.76. The molecule has 1 atom stereocenters. The maximum absolute atomic E-state index is 13.0. The molecule has 3 nitrogen and oxygen atoms in total. The number of rotatable bonds is 4. The van der Waals surface area contributed by atoms with Crippen LogP contribution in [-0.4, -0.2) is 20.5 Å². The van der Waals surface area contributed by atoms with E-state index >= 15 is 0 Å². The lowest BCUT2D eigenvalue weighted by Crippen LogP contribution is -2.33. The Kier molecular flexibility index (Phi) is 3.98. The smallest absolute Gasteiger partial charge is 0.419 e. The molecule has 1 aromatic rings. The molecule has 1 aromatic carbocycles. The second-order valence-electron chi connectivity index (χ2n) is 3.81. The molecule has 0 fully saturated rings. The van der Waals surface area contributed by atoms with Crippen molar-refractivity contribution >= 4 is 16.8 Å². The van der Waals surface area contributed by atoms with Crippen molar-refractivity contribution in [2.24, 2.45) is 0 Å². The Labute approximate surface area is 99.9 Å². The van der Waals surface area contributed by atoms with Crippen LogP contribution in [0.5, 0.6) is 0 Å². The fraction of sp³-hybridized carbons (Fsp3) is 0.364. The van der Waals surface area contributed by atoms with Gasteiger partial charge in [0.15, 0.2) is 0 Å².